The van der Waals surface area contributed by atoms with Crippen LogP contribution < -0.4 is 5.32 Å². The molecule has 0 fully saturated rings. The molecule has 2 N–H and O–H groups in total. The van der Waals surface area contributed by atoms with Crippen LogP contribution >= 0.6 is 23.4 Å². The number of carboxylic acids is 1. The fourth-order valence-electron chi connectivity index (χ4n) is 1.86. The Kier molecular flexibility index (Phi) is 7.05. The molecular formula is C15H20ClNO3S. The Hall–Kier alpha value is -1.20. The normalized spacial score (nSPS) is 13.5. The van der Waals surface area contributed by atoms with Gasteiger partial charge in [-0.2, -0.15) is 0 Å². The highest BCUT2D eigenvalue weighted by atomic mass is 35.5. The second-order valence-electron chi connectivity index (χ2n) is 4.91. The number of carbonyl (C=O) groups excluding carboxylic acids is 1. The smallest absolute Gasteiger partial charge is 0.337 e. The number of thioether (sulfide) groups is 1. The number of carboxylic acid groups (broad SMARTS) is 1. The Labute approximate surface area is 134 Å². The van der Waals surface area contributed by atoms with E-state index in [4.69, 9.17) is 16.7 Å². The maximum absolute atomic E-state index is 12.0. The van der Waals surface area contributed by atoms with E-state index >= 15 is 0 Å². The maximum atomic E-state index is 12.0. The average molecular weight is 330 g/mol. The van der Waals surface area contributed by atoms with E-state index in [-0.39, 0.29) is 27.8 Å². The molecule has 0 bridgehead atoms. The molecule has 21 heavy (non-hydrogen) atoms. The SMILES string of the molecule is CCCC(C)NC(=O)C(C)Sc1ccc(Cl)c(C(=O)O)c1. The third-order valence-corrected chi connectivity index (χ3v) is 4.38. The average Bonchev–Trinajstić information content (AvgIpc) is 2.40. The highest BCUT2D eigenvalue weighted by molar-refractivity contribution is 8.00. The summed E-state index contributed by atoms with van der Waals surface area (Å²) in [7, 11) is 0. The van der Waals surface area contributed by atoms with Gasteiger partial charge in [-0.15, -0.1) is 11.8 Å². The van der Waals surface area contributed by atoms with Gasteiger partial charge in [-0.25, -0.2) is 4.79 Å². The van der Waals surface area contributed by atoms with Crippen molar-refractivity contribution < 1.29 is 14.7 Å². The van der Waals surface area contributed by atoms with Crippen molar-refractivity contribution in [3.05, 3.63) is 28.8 Å². The van der Waals surface area contributed by atoms with Crippen molar-refractivity contribution in [1.29, 1.82) is 0 Å². The highest BCUT2D eigenvalue weighted by Crippen LogP contribution is 2.27. The molecule has 0 aromatic heterocycles. The van der Waals surface area contributed by atoms with Crippen molar-refractivity contribution in [3.63, 3.8) is 0 Å². The van der Waals surface area contributed by atoms with Crippen LogP contribution in [0, 0.1) is 0 Å². The monoisotopic (exact) mass is 329 g/mol. The zero-order chi connectivity index (χ0) is 16.0. The molecule has 1 amide bonds. The number of rotatable bonds is 7. The highest BCUT2D eigenvalue weighted by Gasteiger charge is 2.17. The number of benzene rings is 1. The lowest BCUT2D eigenvalue weighted by Gasteiger charge is -2.17. The van der Waals surface area contributed by atoms with E-state index in [0.29, 0.717) is 4.90 Å². The summed E-state index contributed by atoms with van der Waals surface area (Å²) in [6.07, 6.45) is 1.95. The van der Waals surface area contributed by atoms with Gasteiger partial charge in [0.25, 0.3) is 0 Å². The Morgan fingerprint density at radius 2 is 2.05 bits per heavy atom. The van der Waals surface area contributed by atoms with Gasteiger partial charge in [-0.3, -0.25) is 4.79 Å². The summed E-state index contributed by atoms with van der Waals surface area (Å²) in [5, 5.41) is 11.9. The molecular weight excluding hydrogens is 310 g/mol. The van der Waals surface area contributed by atoms with Gasteiger partial charge in [0.1, 0.15) is 0 Å². The van der Waals surface area contributed by atoms with Crippen LogP contribution in [0.4, 0.5) is 0 Å². The lowest BCUT2D eigenvalue weighted by molar-refractivity contribution is -0.120. The fraction of sp³-hybridized carbons (Fsp3) is 0.467. The van der Waals surface area contributed by atoms with Crippen LogP contribution in [0.15, 0.2) is 23.1 Å². The van der Waals surface area contributed by atoms with E-state index in [1.165, 1.54) is 23.9 Å². The summed E-state index contributed by atoms with van der Waals surface area (Å²) < 4.78 is 0. The molecule has 0 saturated carbocycles. The number of halogens is 1. The number of nitrogens with one attached hydrogen (secondary N) is 1. The van der Waals surface area contributed by atoms with Gasteiger partial charge in [-0.05, 0) is 38.5 Å². The predicted molar refractivity (Wildman–Crippen MR) is 86.2 cm³/mol. The van der Waals surface area contributed by atoms with Crippen molar-refractivity contribution in [2.75, 3.05) is 0 Å². The van der Waals surface area contributed by atoms with Gasteiger partial charge in [0.15, 0.2) is 0 Å². The van der Waals surface area contributed by atoms with E-state index in [0.717, 1.165) is 12.8 Å². The van der Waals surface area contributed by atoms with Crippen molar-refractivity contribution in [3.8, 4) is 0 Å². The largest absolute Gasteiger partial charge is 0.478 e. The topological polar surface area (TPSA) is 66.4 Å². The molecule has 6 heteroatoms. The van der Waals surface area contributed by atoms with E-state index in [1.54, 1.807) is 13.0 Å². The van der Waals surface area contributed by atoms with Gasteiger partial charge >= 0.3 is 5.97 Å². The van der Waals surface area contributed by atoms with E-state index in [2.05, 4.69) is 12.2 Å². The molecule has 0 aliphatic rings. The zero-order valence-corrected chi connectivity index (χ0v) is 13.9. The Morgan fingerprint density at radius 1 is 1.38 bits per heavy atom. The molecule has 0 aliphatic heterocycles. The molecule has 1 rings (SSSR count). The standard InChI is InChI=1S/C15H20ClNO3S/c1-4-5-9(2)17-14(18)10(3)21-11-6-7-13(16)12(8-11)15(19)20/h6-10H,4-5H2,1-3H3,(H,17,18)(H,19,20). The molecule has 2 unspecified atom stereocenters. The minimum Gasteiger partial charge on any atom is -0.478 e. The van der Waals surface area contributed by atoms with Crippen LogP contribution in [0.25, 0.3) is 0 Å². The zero-order valence-electron chi connectivity index (χ0n) is 12.4. The quantitative estimate of drug-likeness (QED) is 0.746. The first-order valence-electron chi connectivity index (χ1n) is 6.85. The lowest BCUT2D eigenvalue weighted by atomic mass is 10.2. The van der Waals surface area contributed by atoms with Crippen molar-refractivity contribution in [2.24, 2.45) is 0 Å². The van der Waals surface area contributed by atoms with Gasteiger partial charge < -0.3 is 10.4 Å². The summed E-state index contributed by atoms with van der Waals surface area (Å²) >= 11 is 7.14. The third-order valence-electron chi connectivity index (χ3n) is 2.96. The summed E-state index contributed by atoms with van der Waals surface area (Å²) in [6, 6.07) is 4.90. The van der Waals surface area contributed by atoms with Crippen molar-refractivity contribution in [2.45, 2.75) is 49.8 Å². The van der Waals surface area contributed by atoms with E-state index < -0.39 is 5.97 Å². The van der Waals surface area contributed by atoms with E-state index in [1.807, 2.05) is 6.92 Å². The molecule has 0 saturated heterocycles. The molecule has 0 spiro atoms. The Bertz CT molecular complexity index is 522. The molecule has 0 radical (unpaired) electrons. The third kappa shape index (κ3) is 5.59. The van der Waals surface area contributed by atoms with Crippen LogP contribution in [-0.2, 0) is 4.79 Å². The van der Waals surface area contributed by atoms with Crippen molar-refractivity contribution in [1.82, 2.24) is 5.32 Å². The Morgan fingerprint density at radius 3 is 2.62 bits per heavy atom. The molecule has 1 aromatic carbocycles. The molecule has 2 atom stereocenters. The second kappa shape index (κ2) is 8.29. The summed E-state index contributed by atoms with van der Waals surface area (Å²) in [4.78, 5) is 23.8. The van der Waals surface area contributed by atoms with Gasteiger partial charge in [0, 0.05) is 10.9 Å². The number of amides is 1. The molecule has 1 aromatic rings. The summed E-state index contributed by atoms with van der Waals surface area (Å²) in [5.74, 6) is -1.12. The first kappa shape index (κ1) is 17.9. The number of hydrogen-bond donors (Lipinski definition) is 2. The first-order chi connectivity index (χ1) is 9.85. The minimum atomic E-state index is -1.07. The molecule has 0 aliphatic carbocycles. The molecule has 4 nitrogen and oxygen atoms in total. The van der Waals surface area contributed by atoms with Crippen molar-refractivity contribution >= 4 is 35.2 Å². The summed E-state index contributed by atoms with van der Waals surface area (Å²) in [5.41, 5.74) is 0.0497. The van der Waals surface area contributed by atoms with Crippen LogP contribution in [-0.4, -0.2) is 28.3 Å². The first-order valence-corrected chi connectivity index (χ1v) is 8.10. The lowest BCUT2D eigenvalue weighted by Crippen LogP contribution is -2.37. The minimum absolute atomic E-state index is 0.0484. The predicted octanol–water partition coefficient (Wildman–Crippen LogP) is 3.82. The number of hydrogen-bond acceptors (Lipinski definition) is 3. The number of aromatic carboxylic acids is 1. The summed E-state index contributed by atoms with van der Waals surface area (Å²) in [6.45, 7) is 5.85. The van der Waals surface area contributed by atoms with Gasteiger partial charge in [-0.1, -0.05) is 24.9 Å². The van der Waals surface area contributed by atoms with Crippen LogP contribution in [0.2, 0.25) is 5.02 Å². The van der Waals surface area contributed by atoms with Crippen LogP contribution in [0.3, 0.4) is 0 Å². The van der Waals surface area contributed by atoms with Gasteiger partial charge in [0.05, 0.1) is 15.8 Å². The second-order valence-corrected chi connectivity index (χ2v) is 6.73. The Balaban J connectivity index is 2.70. The molecule has 0 heterocycles. The number of carbonyl (C=O) groups is 2. The van der Waals surface area contributed by atoms with E-state index in [9.17, 15) is 9.59 Å². The van der Waals surface area contributed by atoms with Gasteiger partial charge in [0.2, 0.25) is 5.91 Å². The van der Waals surface area contributed by atoms with Crippen LogP contribution in [0.1, 0.15) is 44.0 Å². The fourth-order valence-corrected chi connectivity index (χ4v) is 2.98. The van der Waals surface area contributed by atoms with Crippen LogP contribution in [0.5, 0.6) is 0 Å². The molecule has 116 valence electrons. The maximum Gasteiger partial charge on any atom is 0.337 e.